The first kappa shape index (κ1) is 17.6. The number of benzene rings is 2. The first-order valence-electron chi connectivity index (χ1n) is 8.08. The van der Waals surface area contributed by atoms with Crippen LogP contribution >= 0.6 is 0 Å². The molecule has 0 saturated carbocycles. The Morgan fingerprint density at radius 1 is 1.12 bits per heavy atom. The largest absolute Gasteiger partial charge is 0.493 e. The highest BCUT2D eigenvalue weighted by molar-refractivity contribution is 6.02. The molecule has 0 radical (unpaired) electrons. The summed E-state index contributed by atoms with van der Waals surface area (Å²) in [5.41, 5.74) is 2.75. The Morgan fingerprint density at radius 3 is 2.50 bits per heavy atom. The summed E-state index contributed by atoms with van der Waals surface area (Å²) in [6.07, 6.45) is 4.24. The van der Waals surface area contributed by atoms with E-state index in [2.05, 4.69) is 12.2 Å². The molecule has 2 aromatic rings. The van der Waals surface area contributed by atoms with E-state index in [-0.39, 0.29) is 5.91 Å². The molecule has 0 heterocycles. The fraction of sp³-hybridized carbons (Fsp3) is 0.250. The fourth-order valence-corrected chi connectivity index (χ4v) is 2.15. The molecule has 4 nitrogen and oxygen atoms in total. The molecule has 2 aromatic carbocycles. The van der Waals surface area contributed by atoms with Crippen molar-refractivity contribution in [3.05, 3.63) is 60.2 Å². The monoisotopic (exact) mass is 324 g/mol. The maximum Gasteiger partial charge on any atom is 0.248 e. The number of rotatable bonds is 7. The van der Waals surface area contributed by atoms with Crippen LogP contribution in [0.3, 0.4) is 0 Å². The molecule has 2 rings (SSSR count). The van der Waals surface area contributed by atoms with Gasteiger partial charge >= 0.3 is 0 Å². The molecule has 24 heavy (non-hydrogen) atoms. The van der Waals surface area contributed by atoms with E-state index < -0.39 is 0 Å². The summed E-state index contributed by atoms with van der Waals surface area (Å²) in [4.78, 5) is 14.1. The summed E-state index contributed by atoms with van der Waals surface area (Å²) in [7, 11) is 3.96. The number of nitrogens with zero attached hydrogens (tertiary/aromatic N) is 1. The predicted octanol–water partition coefficient (Wildman–Crippen LogP) is 4.19. The van der Waals surface area contributed by atoms with E-state index in [1.54, 1.807) is 6.08 Å². The zero-order valence-corrected chi connectivity index (χ0v) is 14.5. The Kier molecular flexibility index (Phi) is 6.43. The summed E-state index contributed by atoms with van der Waals surface area (Å²) >= 11 is 0. The van der Waals surface area contributed by atoms with Crippen LogP contribution in [0.25, 0.3) is 6.08 Å². The minimum absolute atomic E-state index is 0.169. The Morgan fingerprint density at radius 2 is 1.83 bits per heavy atom. The molecule has 4 heteroatoms. The van der Waals surface area contributed by atoms with Gasteiger partial charge in [-0.2, -0.15) is 0 Å². The Labute approximate surface area is 143 Å². The van der Waals surface area contributed by atoms with E-state index in [0.717, 1.165) is 29.1 Å². The lowest BCUT2D eigenvalue weighted by Crippen LogP contribution is -2.10. The summed E-state index contributed by atoms with van der Waals surface area (Å²) < 4.78 is 5.68. The normalized spacial score (nSPS) is 10.6. The van der Waals surface area contributed by atoms with Crippen molar-refractivity contribution in [3.8, 4) is 5.75 Å². The zero-order valence-electron chi connectivity index (χ0n) is 14.5. The molecule has 0 aliphatic carbocycles. The van der Waals surface area contributed by atoms with Gasteiger partial charge in [0.15, 0.2) is 0 Å². The van der Waals surface area contributed by atoms with Crippen LogP contribution in [-0.2, 0) is 4.79 Å². The summed E-state index contributed by atoms with van der Waals surface area (Å²) in [5.74, 6) is 0.622. The van der Waals surface area contributed by atoms with E-state index in [4.69, 9.17) is 4.74 Å². The minimum atomic E-state index is -0.169. The van der Waals surface area contributed by atoms with Crippen LogP contribution in [0.4, 0.5) is 11.4 Å². The maximum atomic E-state index is 12.1. The molecular weight excluding hydrogens is 300 g/mol. The lowest BCUT2D eigenvalue weighted by molar-refractivity contribution is -0.111. The predicted molar refractivity (Wildman–Crippen MR) is 101 cm³/mol. The van der Waals surface area contributed by atoms with Gasteiger partial charge in [-0.3, -0.25) is 4.79 Å². The van der Waals surface area contributed by atoms with Gasteiger partial charge in [-0.25, -0.2) is 0 Å². The van der Waals surface area contributed by atoms with Crippen LogP contribution < -0.4 is 15.0 Å². The van der Waals surface area contributed by atoms with Crippen molar-refractivity contribution >= 4 is 23.4 Å². The average Bonchev–Trinajstić information content (AvgIpc) is 2.59. The van der Waals surface area contributed by atoms with Gasteiger partial charge in [0, 0.05) is 37.1 Å². The van der Waals surface area contributed by atoms with Crippen LogP contribution in [0.15, 0.2) is 54.6 Å². The first-order chi connectivity index (χ1) is 11.6. The third kappa shape index (κ3) is 5.16. The van der Waals surface area contributed by atoms with Gasteiger partial charge < -0.3 is 15.0 Å². The summed E-state index contributed by atoms with van der Waals surface area (Å²) in [6, 6.07) is 15.4. The molecule has 1 N–H and O–H groups in total. The standard InChI is InChI=1S/C20H24N2O2/c1-4-15-24-19-8-6-5-7-16(19)9-14-20(23)21-17-10-12-18(13-11-17)22(2)3/h5-14H,4,15H2,1-3H3,(H,21,23). The van der Waals surface area contributed by atoms with Crippen molar-refractivity contribution < 1.29 is 9.53 Å². The molecular formula is C20H24N2O2. The molecule has 1 amide bonds. The molecule has 0 spiro atoms. The molecule has 0 aliphatic heterocycles. The van der Waals surface area contributed by atoms with Gasteiger partial charge in [-0.15, -0.1) is 0 Å². The van der Waals surface area contributed by atoms with E-state index in [0.29, 0.717) is 6.61 Å². The number of para-hydroxylation sites is 1. The van der Waals surface area contributed by atoms with Gasteiger partial charge in [-0.1, -0.05) is 25.1 Å². The highest BCUT2D eigenvalue weighted by atomic mass is 16.5. The quantitative estimate of drug-likeness (QED) is 0.776. The molecule has 0 atom stereocenters. The van der Waals surface area contributed by atoms with Crippen LogP contribution in [-0.4, -0.2) is 26.6 Å². The van der Waals surface area contributed by atoms with Crippen molar-refractivity contribution in [3.63, 3.8) is 0 Å². The van der Waals surface area contributed by atoms with E-state index in [1.165, 1.54) is 6.08 Å². The number of hydrogen-bond acceptors (Lipinski definition) is 3. The highest BCUT2D eigenvalue weighted by Crippen LogP contribution is 2.20. The number of hydrogen-bond donors (Lipinski definition) is 1. The molecule has 126 valence electrons. The Balaban J connectivity index is 2.00. The second kappa shape index (κ2) is 8.77. The molecule has 0 saturated heterocycles. The van der Waals surface area contributed by atoms with Crippen LogP contribution in [0, 0.1) is 0 Å². The first-order valence-corrected chi connectivity index (χ1v) is 8.08. The Bertz CT molecular complexity index is 691. The van der Waals surface area contributed by atoms with Gasteiger partial charge in [0.05, 0.1) is 6.61 Å². The summed E-state index contributed by atoms with van der Waals surface area (Å²) in [5, 5.41) is 2.86. The third-order valence-electron chi connectivity index (χ3n) is 3.45. The molecule has 0 aromatic heterocycles. The van der Waals surface area contributed by atoms with Gasteiger partial charge in [0.1, 0.15) is 5.75 Å². The molecule has 0 unspecified atom stereocenters. The van der Waals surface area contributed by atoms with E-state index in [9.17, 15) is 4.79 Å². The molecule has 0 fully saturated rings. The topological polar surface area (TPSA) is 41.6 Å². The number of amides is 1. The van der Waals surface area contributed by atoms with Crippen molar-refractivity contribution in [2.45, 2.75) is 13.3 Å². The SMILES string of the molecule is CCCOc1ccccc1C=CC(=O)Nc1ccc(N(C)C)cc1. The van der Waals surface area contributed by atoms with Gasteiger partial charge in [0.2, 0.25) is 5.91 Å². The second-order valence-corrected chi connectivity index (χ2v) is 5.65. The summed E-state index contributed by atoms with van der Waals surface area (Å²) in [6.45, 7) is 2.72. The van der Waals surface area contributed by atoms with Crippen molar-refractivity contribution in [2.24, 2.45) is 0 Å². The van der Waals surface area contributed by atoms with Crippen molar-refractivity contribution in [2.75, 3.05) is 30.9 Å². The van der Waals surface area contributed by atoms with Crippen molar-refractivity contribution in [1.29, 1.82) is 0 Å². The van der Waals surface area contributed by atoms with E-state index in [1.807, 2.05) is 67.5 Å². The van der Waals surface area contributed by atoms with E-state index >= 15 is 0 Å². The lowest BCUT2D eigenvalue weighted by Gasteiger charge is -2.12. The van der Waals surface area contributed by atoms with Crippen molar-refractivity contribution in [1.82, 2.24) is 0 Å². The fourth-order valence-electron chi connectivity index (χ4n) is 2.15. The molecule has 0 bridgehead atoms. The van der Waals surface area contributed by atoms with Gasteiger partial charge in [0.25, 0.3) is 0 Å². The smallest absolute Gasteiger partial charge is 0.248 e. The maximum absolute atomic E-state index is 12.1. The van der Waals surface area contributed by atoms with Crippen LogP contribution in [0.2, 0.25) is 0 Å². The number of nitrogens with one attached hydrogen (secondary N) is 1. The number of carbonyl (C=O) groups excluding carboxylic acids is 1. The van der Waals surface area contributed by atoms with Gasteiger partial charge in [-0.05, 0) is 42.8 Å². The average molecular weight is 324 g/mol. The number of anilines is 2. The molecule has 0 aliphatic rings. The van der Waals surface area contributed by atoms with Crippen LogP contribution in [0.1, 0.15) is 18.9 Å². The minimum Gasteiger partial charge on any atom is -0.493 e. The Hall–Kier alpha value is -2.75. The third-order valence-corrected chi connectivity index (χ3v) is 3.45. The number of carbonyl (C=O) groups is 1. The highest BCUT2D eigenvalue weighted by Gasteiger charge is 2.02. The van der Waals surface area contributed by atoms with Crippen LogP contribution in [0.5, 0.6) is 5.75 Å². The lowest BCUT2D eigenvalue weighted by atomic mass is 10.2. The number of ether oxygens (including phenoxy) is 1. The second-order valence-electron chi connectivity index (χ2n) is 5.65. The zero-order chi connectivity index (χ0) is 17.4.